The Balaban J connectivity index is 2.18. The molecule has 0 saturated carbocycles. The van der Waals surface area contributed by atoms with Gasteiger partial charge in [-0.1, -0.05) is 22.9 Å². The first-order chi connectivity index (χ1) is 8.70. The van der Waals surface area contributed by atoms with Crippen molar-refractivity contribution in [2.24, 2.45) is 0 Å². The van der Waals surface area contributed by atoms with E-state index in [1.165, 1.54) is 6.07 Å². The lowest BCUT2D eigenvalue weighted by atomic mass is 10.2. The van der Waals surface area contributed by atoms with Gasteiger partial charge in [0.15, 0.2) is 0 Å². The van der Waals surface area contributed by atoms with Crippen molar-refractivity contribution in [3.63, 3.8) is 0 Å². The highest BCUT2D eigenvalue weighted by molar-refractivity contribution is 9.10. The SMILES string of the molecule is CCNCc1cccn1Cc1cc(Br)ccc1F. The van der Waals surface area contributed by atoms with Gasteiger partial charge in [-0.2, -0.15) is 0 Å². The van der Waals surface area contributed by atoms with Gasteiger partial charge < -0.3 is 9.88 Å². The van der Waals surface area contributed by atoms with Crippen molar-refractivity contribution in [2.45, 2.75) is 20.0 Å². The van der Waals surface area contributed by atoms with Gasteiger partial charge in [0.25, 0.3) is 0 Å². The summed E-state index contributed by atoms with van der Waals surface area (Å²) in [6.07, 6.45) is 1.98. The van der Waals surface area contributed by atoms with Gasteiger partial charge in [0.05, 0.1) is 6.54 Å². The zero-order chi connectivity index (χ0) is 13.0. The average molecular weight is 311 g/mol. The zero-order valence-electron chi connectivity index (χ0n) is 10.3. The van der Waals surface area contributed by atoms with Gasteiger partial charge in [-0.05, 0) is 36.9 Å². The van der Waals surface area contributed by atoms with E-state index < -0.39 is 0 Å². The molecule has 0 saturated heterocycles. The highest BCUT2D eigenvalue weighted by Gasteiger charge is 2.06. The molecule has 2 rings (SSSR count). The van der Waals surface area contributed by atoms with Crippen molar-refractivity contribution in [1.82, 2.24) is 9.88 Å². The summed E-state index contributed by atoms with van der Waals surface area (Å²) in [4.78, 5) is 0. The number of aromatic nitrogens is 1. The van der Waals surface area contributed by atoms with E-state index >= 15 is 0 Å². The van der Waals surface area contributed by atoms with Crippen LogP contribution in [0.25, 0.3) is 0 Å². The highest BCUT2D eigenvalue weighted by atomic mass is 79.9. The molecule has 0 spiro atoms. The van der Waals surface area contributed by atoms with Gasteiger partial charge in [0, 0.05) is 28.5 Å². The number of nitrogens with one attached hydrogen (secondary N) is 1. The molecule has 0 amide bonds. The van der Waals surface area contributed by atoms with E-state index in [1.807, 2.05) is 18.3 Å². The fourth-order valence-electron chi connectivity index (χ4n) is 1.87. The van der Waals surface area contributed by atoms with Crippen molar-refractivity contribution < 1.29 is 4.39 Å². The van der Waals surface area contributed by atoms with E-state index in [-0.39, 0.29) is 5.82 Å². The Morgan fingerprint density at radius 1 is 1.33 bits per heavy atom. The van der Waals surface area contributed by atoms with E-state index in [9.17, 15) is 4.39 Å². The van der Waals surface area contributed by atoms with E-state index in [2.05, 4.69) is 38.8 Å². The number of hydrogen-bond donors (Lipinski definition) is 1. The van der Waals surface area contributed by atoms with Crippen LogP contribution in [-0.4, -0.2) is 11.1 Å². The molecule has 0 aliphatic rings. The van der Waals surface area contributed by atoms with Crippen molar-refractivity contribution in [1.29, 1.82) is 0 Å². The number of halogens is 2. The van der Waals surface area contributed by atoms with Gasteiger partial charge in [-0.3, -0.25) is 0 Å². The molecule has 0 aliphatic heterocycles. The third-order valence-electron chi connectivity index (χ3n) is 2.83. The summed E-state index contributed by atoms with van der Waals surface area (Å²) in [5.41, 5.74) is 1.86. The predicted octanol–water partition coefficient (Wildman–Crippen LogP) is 3.55. The quantitative estimate of drug-likeness (QED) is 0.893. The van der Waals surface area contributed by atoms with Crippen LogP contribution in [0.4, 0.5) is 4.39 Å². The van der Waals surface area contributed by atoms with Gasteiger partial charge in [0.1, 0.15) is 5.82 Å². The molecule has 0 radical (unpaired) electrons. The Kier molecular flexibility index (Phi) is 4.55. The van der Waals surface area contributed by atoms with Crippen LogP contribution in [0.5, 0.6) is 0 Å². The molecule has 1 aromatic heterocycles. The summed E-state index contributed by atoms with van der Waals surface area (Å²) in [6, 6.07) is 9.08. The number of benzene rings is 1. The van der Waals surface area contributed by atoms with Crippen LogP contribution >= 0.6 is 15.9 Å². The van der Waals surface area contributed by atoms with Gasteiger partial charge in [-0.25, -0.2) is 4.39 Å². The maximum Gasteiger partial charge on any atom is 0.128 e. The molecule has 0 aliphatic carbocycles. The minimum Gasteiger partial charge on any atom is -0.346 e. The second kappa shape index (κ2) is 6.16. The minimum absolute atomic E-state index is 0.165. The summed E-state index contributed by atoms with van der Waals surface area (Å²) in [6.45, 7) is 4.36. The van der Waals surface area contributed by atoms with Gasteiger partial charge >= 0.3 is 0 Å². The third-order valence-corrected chi connectivity index (χ3v) is 3.32. The maximum atomic E-state index is 13.7. The Labute approximate surface area is 115 Å². The fourth-order valence-corrected chi connectivity index (χ4v) is 2.27. The molecule has 1 N–H and O–H groups in total. The van der Waals surface area contributed by atoms with Crippen molar-refractivity contribution in [3.8, 4) is 0 Å². The third kappa shape index (κ3) is 3.21. The second-order valence-electron chi connectivity index (χ2n) is 4.14. The van der Waals surface area contributed by atoms with E-state index in [0.717, 1.165) is 23.3 Å². The first kappa shape index (κ1) is 13.3. The average Bonchev–Trinajstić information content (AvgIpc) is 2.79. The summed E-state index contributed by atoms with van der Waals surface area (Å²) in [5.74, 6) is -0.165. The molecule has 2 nitrogen and oxygen atoms in total. The molecule has 96 valence electrons. The standard InChI is InChI=1S/C14H16BrFN2/c1-2-17-9-13-4-3-7-18(13)10-11-8-12(15)5-6-14(11)16/h3-8,17H,2,9-10H2,1H3. The maximum absolute atomic E-state index is 13.7. The predicted molar refractivity (Wildman–Crippen MR) is 75.0 cm³/mol. The summed E-state index contributed by atoms with van der Waals surface area (Å²) >= 11 is 3.37. The largest absolute Gasteiger partial charge is 0.346 e. The zero-order valence-corrected chi connectivity index (χ0v) is 11.9. The first-order valence-corrected chi connectivity index (χ1v) is 6.78. The lowest BCUT2D eigenvalue weighted by Gasteiger charge is -2.10. The molecule has 4 heteroatoms. The van der Waals surface area contributed by atoms with Crippen LogP contribution < -0.4 is 5.32 Å². The normalized spacial score (nSPS) is 10.8. The van der Waals surface area contributed by atoms with Crippen LogP contribution in [0.1, 0.15) is 18.2 Å². The van der Waals surface area contributed by atoms with Crippen molar-refractivity contribution >= 4 is 15.9 Å². The molecule has 18 heavy (non-hydrogen) atoms. The molecular formula is C14H16BrFN2. The lowest BCUT2D eigenvalue weighted by molar-refractivity contribution is 0.589. The van der Waals surface area contributed by atoms with Gasteiger partial charge in [0.2, 0.25) is 0 Å². The van der Waals surface area contributed by atoms with Crippen LogP contribution in [0.3, 0.4) is 0 Å². The van der Waals surface area contributed by atoms with Crippen LogP contribution in [0.15, 0.2) is 41.0 Å². The van der Waals surface area contributed by atoms with Crippen LogP contribution in [0.2, 0.25) is 0 Å². The molecule has 1 aromatic carbocycles. The first-order valence-electron chi connectivity index (χ1n) is 5.99. The summed E-state index contributed by atoms with van der Waals surface area (Å²) in [7, 11) is 0. The van der Waals surface area contributed by atoms with E-state index in [4.69, 9.17) is 0 Å². The lowest BCUT2D eigenvalue weighted by Crippen LogP contribution is -2.15. The number of nitrogens with zero attached hydrogens (tertiary/aromatic N) is 1. The van der Waals surface area contributed by atoms with Gasteiger partial charge in [-0.15, -0.1) is 0 Å². The molecule has 0 atom stereocenters. The number of hydrogen-bond acceptors (Lipinski definition) is 1. The highest BCUT2D eigenvalue weighted by Crippen LogP contribution is 2.17. The molecule has 2 aromatic rings. The molecule has 0 bridgehead atoms. The molecule has 0 unspecified atom stereocenters. The fraction of sp³-hybridized carbons (Fsp3) is 0.286. The van der Waals surface area contributed by atoms with Crippen molar-refractivity contribution in [2.75, 3.05) is 6.54 Å². The monoisotopic (exact) mass is 310 g/mol. The van der Waals surface area contributed by atoms with Crippen LogP contribution in [-0.2, 0) is 13.1 Å². The number of rotatable bonds is 5. The Hall–Kier alpha value is -1.13. The Morgan fingerprint density at radius 2 is 2.17 bits per heavy atom. The molecule has 0 fully saturated rings. The van der Waals surface area contributed by atoms with Crippen molar-refractivity contribution in [3.05, 3.63) is 58.1 Å². The molecular weight excluding hydrogens is 295 g/mol. The topological polar surface area (TPSA) is 17.0 Å². The van der Waals surface area contributed by atoms with Crippen LogP contribution in [0, 0.1) is 5.82 Å². The molecule has 1 heterocycles. The van der Waals surface area contributed by atoms with E-state index in [0.29, 0.717) is 12.1 Å². The van der Waals surface area contributed by atoms with E-state index in [1.54, 1.807) is 6.07 Å². The second-order valence-corrected chi connectivity index (χ2v) is 5.06. The Bertz CT molecular complexity index is 522. The summed E-state index contributed by atoms with van der Waals surface area (Å²) in [5, 5.41) is 3.28. The summed E-state index contributed by atoms with van der Waals surface area (Å²) < 4.78 is 16.7. The smallest absolute Gasteiger partial charge is 0.128 e. The Morgan fingerprint density at radius 3 is 2.94 bits per heavy atom. The minimum atomic E-state index is -0.165.